The molecule has 0 aliphatic rings. The number of para-hydroxylation sites is 2. The lowest BCUT2D eigenvalue weighted by atomic mass is 10.2. The average Bonchev–Trinajstić information content (AvgIpc) is 2.68. The van der Waals surface area contributed by atoms with Crippen molar-refractivity contribution in [3.8, 4) is 5.75 Å². The molecule has 0 heterocycles. The van der Waals surface area contributed by atoms with Gasteiger partial charge in [-0.05, 0) is 42.0 Å². The fourth-order valence-corrected chi connectivity index (χ4v) is 4.91. The molecule has 0 saturated carbocycles. The van der Waals surface area contributed by atoms with Crippen molar-refractivity contribution in [2.24, 2.45) is 0 Å². The third kappa shape index (κ3) is 5.49. The highest BCUT2D eigenvalue weighted by atomic mass is 32.2. The normalized spacial score (nSPS) is 11.6. The summed E-state index contributed by atoms with van der Waals surface area (Å²) >= 11 is 0. The molecule has 0 aliphatic carbocycles. The van der Waals surface area contributed by atoms with Crippen LogP contribution in [0.25, 0.3) is 0 Å². The molecule has 0 bridgehead atoms. The van der Waals surface area contributed by atoms with E-state index in [1.165, 1.54) is 31.4 Å². The molecule has 0 spiro atoms. The van der Waals surface area contributed by atoms with Crippen LogP contribution in [0.3, 0.4) is 0 Å². The van der Waals surface area contributed by atoms with E-state index in [0.717, 1.165) is 0 Å². The van der Waals surface area contributed by atoms with Gasteiger partial charge in [0.1, 0.15) is 5.75 Å². The number of hydrogen-bond acceptors (Lipinski definition) is 5. The lowest BCUT2D eigenvalue weighted by molar-refractivity contribution is 0.417. The van der Waals surface area contributed by atoms with Crippen LogP contribution in [0.1, 0.15) is 5.56 Å². The fraction of sp³-hybridized carbons (Fsp3) is 0.100. The number of rotatable bonds is 8. The molecule has 0 aliphatic heterocycles. The molecule has 0 saturated heterocycles. The van der Waals surface area contributed by atoms with Crippen LogP contribution < -0.4 is 14.2 Å². The molecule has 0 aromatic heterocycles. The van der Waals surface area contributed by atoms with Crippen molar-refractivity contribution in [2.45, 2.75) is 10.6 Å². The van der Waals surface area contributed by atoms with Crippen molar-refractivity contribution < 1.29 is 21.6 Å². The molecule has 0 fully saturated rings. The molecule has 7 nitrogen and oxygen atoms in total. The predicted molar refractivity (Wildman–Crippen MR) is 113 cm³/mol. The first-order valence-corrected chi connectivity index (χ1v) is 11.7. The van der Waals surface area contributed by atoms with Gasteiger partial charge in [0.2, 0.25) is 10.0 Å². The van der Waals surface area contributed by atoms with Gasteiger partial charge in [0.25, 0.3) is 10.0 Å². The van der Waals surface area contributed by atoms with Gasteiger partial charge in [-0.3, -0.25) is 9.44 Å². The van der Waals surface area contributed by atoms with Crippen molar-refractivity contribution in [3.63, 3.8) is 0 Å². The Bertz CT molecular complexity index is 1180. The van der Waals surface area contributed by atoms with Crippen LogP contribution in [0.4, 0.5) is 11.4 Å². The summed E-state index contributed by atoms with van der Waals surface area (Å²) in [6.45, 7) is 0. The lowest BCUT2D eigenvalue weighted by Gasteiger charge is -2.12. The maximum atomic E-state index is 12.6. The molecule has 2 N–H and O–H groups in total. The van der Waals surface area contributed by atoms with Gasteiger partial charge in [0, 0.05) is 5.69 Å². The van der Waals surface area contributed by atoms with Gasteiger partial charge in [-0.1, -0.05) is 42.5 Å². The SMILES string of the molecule is COc1ccccc1NS(=O)(=O)c1ccc(NS(=O)(=O)Cc2ccccc2)cc1. The molecular formula is C20H20N2O5S2. The summed E-state index contributed by atoms with van der Waals surface area (Å²) in [5.41, 5.74) is 1.24. The van der Waals surface area contributed by atoms with E-state index < -0.39 is 20.0 Å². The van der Waals surface area contributed by atoms with Crippen molar-refractivity contribution in [1.29, 1.82) is 0 Å². The minimum Gasteiger partial charge on any atom is -0.495 e. The summed E-state index contributed by atoms with van der Waals surface area (Å²) < 4.78 is 59.9. The Balaban J connectivity index is 1.74. The molecule has 3 aromatic rings. The van der Waals surface area contributed by atoms with Crippen LogP contribution in [-0.2, 0) is 25.8 Å². The number of hydrogen-bond donors (Lipinski definition) is 2. The Hall–Kier alpha value is -3.04. The zero-order chi connectivity index (χ0) is 20.9. The molecular weight excluding hydrogens is 412 g/mol. The van der Waals surface area contributed by atoms with Gasteiger partial charge in [-0.15, -0.1) is 0 Å². The number of methoxy groups -OCH3 is 1. The summed E-state index contributed by atoms with van der Waals surface area (Å²) in [4.78, 5) is -0.00517. The standard InChI is InChI=1S/C20H20N2O5S2/c1-27-20-10-6-5-9-19(20)22-29(25,26)18-13-11-17(12-14-18)21-28(23,24)15-16-7-3-2-4-8-16/h2-14,21-22H,15H2,1H3. The third-order valence-electron chi connectivity index (χ3n) is 3.99. The van der Waals surface area contributed by atoms with Crippen molar-refractivity contribution in [1.82, 2.24) is 0 Å². The maximum absolute atomic E-state index is 12.6. The van der Waals surface area contributed by atoms with E-state index in [2.05, 4.69) is 9.44 Å². The van der Waals surface area contributed by atoms with Crippen molar-refractivity contribution >= 4 is 31.4 Å². The van der Waals surface area contributed by atoms with E-state index >= 15 is 0 Å². The second-order valence-corrected chi connectivity index (χ2v) is 9.58. The number of sulfonamides is 2. The molecule has 0 atom stereocenters. The molecule has 3 rings (SSSR count). The molecule has 3 aromatic carbocycles. The van der Waals surface area contributed by atoms with Gasteiger partial charge in [0.05, 0.1) is 23.4 Å². The lowest BCUT2D eigenvalue weighted by Crippen LogP contribution is -2.16. The highest BCUT2D eigenvalue weighted by Gasteiger charge is 2.17. The molecule has 29 heavy (non-hydrogen) atoms. The summed E-state index contributed by atoms with van der Waals surface area (Å²) in [6, 6.07) is 20.9. The molecule has 9 heteroatoms. The van der Waals surface area contributed by atoms with Crippen LogP contribution in [0.5, 0.6) is 5.75 Å². The summed E-state index contributed by atoms with van der Waals surface area (Å²) in [7, 11) is -6.04. The summed E-state index contributed by atoms with van der Waals surface area (Å²) in [5, 5.41) is 0. The van der Waals surface area contributed by atoms with E-state index in [4.69, 9.17) is 4.74 Å². The first kappa shape index (κ1) is 20.7. The Morgan fingerprint density at radius 1 is 0.759 bits per heavy atom. The first-order chi connectivity index (χ1) is 13.8. The van der Waals surface area contributed by atoms with Crippen LogP contribution in [0.15, 0.2) is 83.8 Å². The highest BCUT2D eigenvalue weighted by molar-refractivity contribution is 7.92. The van der Waals surface area contributed by atoms with Gasteiger partial charge in [-0.2, -0.15) is 0 Å². The van der Waals surface area contributed by atoms with Gasteiger partial charge < -0.3 is 4.74 Å². The number of benzene rings is 3. The predicted octanol–water partition coefficient (Wildman–Crippen LogP) is 3.44. The average molecular weight is 433 g/mol. The second-order valence-electron chi connectivity index (χ2n) is 6.18. The third-order valence-corrected chi connectivity index (χ3v) is 6.63. The molecule has 0 radical (unpaired) electrons. The van der Waals surface area contributed by atoms with E-state index in [0.29, 0.717) is 17.0 Å². The van der Waals surface area contributed by atoms with Crippen LogP contribution in [-0.4, -0.2) is 23.9 Å². The Kier molecular flexibility index (Phi) is 6.09. The van der Waals surface area contributed by atoms with Crippen LogP contribution >= 0.6 is 0 Å². The van der Waals surface area contributed by atoms with E-state index in [1.54, 1.807) is 48.5 Å². The topological polar surface area (TPSA) is 102 Å². The number of ether oxygens (including phenoxy) is 1. The maximum Gasteiger partial charge on any atom is 0.262 e. The van der Waals surface area contributed by atoms with Crippen molar-refractivity contribution in [3.05, 3.63) is 84.4 Å². The Labute approximate surface area is 170 Å². The van der Waals surface area contributed by atoms with E-state index in [-0.39, 0.29) is 16.3 Å². The van der Waals surface area contributed by atoms with Crippen LogP contribution in [0.2, 0.25) is 0 Å². The zero-order valence-corrected chi connectivity index (χ0v) is 17.2. The smallest absolute Gasteiger partial charge is 0.262 e. The minimum absolute atomic E-state index is 0.00517. The quantitative estimate of drug-likeness (QED) is 0.568. The molecule has 0 unspecified atom stereocenters. The summed E-state index contributed by atoms with van der Waals surface area (Å²) in [6.07, 6.45) is 0. The molecule has 0 amide bonds. The largest absolute Gasteiger partial charge is 0.495 e. The van der Waals surface area contributed by atoms with E-state index in [9.17, 15) is 16.8 Å². The Morgan fingerprint density at radius 2 is 1.38 bits per heavy atom. The van der Waals surface area contributed by atoms with Gasteiger partial charge in [0.15, 0.2) is 0 Å². The fourth-order valence-electron chi connectivity index (χ4n) is 2.64. The zero-order valence-electron chi connectivity index (χ0n) is 15.6. The van der Waals surface area contributed by atoms with Gasteiger partial charge in [-0.25, -0.2) is 16.8 Å². The summed E-state index contributed by atoms with van der Waals surface area (Å²) in [5.74, 6) is 0.213. The molecule has 152 valence electrons. The number of nitrogens with one attached hydrogen (secondary N) is 2. The first-order valence-electron chi connectivity index (χ1n) is 8.59. The van der Waals surface area contributed by atoms with Crippen molar-refractivity contribution in [2.75, 3.05) is 16.6 Å². The Morgan fingerprint density at radius 3 is 2.03 bits per heavy atom. The second kappa shape index (κ2) is 8.54. The van der Waals surface area contributed by atoms with E-state index in [1.807, 2.05) is 6.07 Å². The van der Waals surface area contributed by atoms with Gasteiger partial charge >= 0.3 is 0 Å². The van der Waals surface area contributed by atoms with Crippen LogP contribution in [0, 0.1) is 0 Å². The minimum atomic E-state index is -3.86. The highest BCUT2D eigenvalue weighted by Crippen LogP contribution is 2.26. The monoisotopic (exact) mass is 432 g/mol. The number of anilines is 2.